The lowest BCUT2D eigenvalue weighted by atomic mass is 10.1. The van der Waals surface area contributed by atoms with Crippen molar-refractivity contribution < 1.29 is 17.6 Å². The molecule has 0 amide bonds. The van der Waals surface area contributed by atoms with E-state index in [1.807, 2.05) is 0 Å². The van der Waals surface area contributed by atoms with Gasteiger partial charge in [0.05, 0.1) is 10.1 Å². The second-order valence-electron chi connectivity index (χ2n) is 1.96. The molecule has 12 heavy (non-hydrogen) atoms. The van der Waals surface area contributed by atoms with Gasteiger partial charge in [-0.25, -0.2) is 0 Å². The third kappa shape index (κ3) is 1.75. The maximum Gasteiger partial charge on any atom is 0.350 e. The van der Waals surface area contributed by atoms with Crippen LogP contribution < -0.4 is 0 Å². The van der Waals surface area contributed by atoms with Gasteiger partial charge in [-0.3, -0.25) is 0 Å². The molecule has 0 aromatic heterocycles. The molecule has 0 nitrogen and oxygen atoms in total. The number of allylic oxidation sites excluding steroid dienone is 2. The van der Waals surface area contributed by atoms with Gasteiger partial charge in [0.1, 0.15) is 0 Å². The SMILES string of the molecule is C=C(Cl)C(F)(F)C(F)(F)C(=C)Cl. The van der Waals surface area contributed by atoms with E-state index < -0.39 is 21.9 Å². The van der Waals surface area contributed by atoms with E-state index in [1.165, 1.54) is 0 Å². The molecule has 0 radical (unpaired) electrons. The predicted octanol–water partition coefficient (Wildman–Crippen LogP) is 3.76. The van der Waals surface area contributed by atoms with E-state index in [9.17, 15) is 17.6 Å². The van der Waals surface area contributed by atoms with Crippen molar-refractivity contribution in [2.45, 2.75) is 11.8 Å². The standard InChI is InChI=1S/C6H4Cl2F4/c1-3(7)5(9,10)6(11,12)4(2)8/h1-2H2. The molecule has 0 aliphatic rings. The zero-order valence-electron chi connectivity index (χ0n) is 5.68. The number of alkyl halides is 4. The third-order valence-corrected chi connectivity index (χ3v) is 1.55. The normalized spacial score (nSPS) is 12.8. The summed E-state index contributed by atoms with van der Waals surface area (Å²) < 4.78 is 49.8. The van der Waals surface area contributed by atoms with Crippen LogP contribution in [-0.2, 0) is 0 Å². The molecule has 0 aromatic carbocycles. The van der Waals surface area contributed by atoms with Gasteiger partial charge in [-0.15, -0.1) is 0 Å². The van der Waals surface area contributed by atoms with Crippen molar-refractivity contribution >= 4 is 23.2 Å². The fraction of sp³-hybridized carbons (Fsp3) is 0.333. The lowest BCUT2D eigenvalue weighted by molar-refractivity contribution is -0.152. The Morgan fingerprint density at radius 1 is 0.833 bits per heavy atom. The zero-order chi connectivity index (χ0) is 10.2. The van der Waals surface area contributed by atoms with Crippen LogP contribution in [0.4, 0.5) is 17.6 Å². The summed E-state index contributed by atoms with van der Waals surface area (Å²) in [5, 5.41) is -2.96. The lowest BCUT2D eigenvalue weighted by Crippen LogP contribution is -2.40. The van der Waals surface area contributed by atoms with Gasteiger partial charge in [0.2, 0.25) is 0 Å². The van der Waals surface area contributed by atoms with Crippen molar-refractivity contribution in [2.75, 3.05) is 0 Å². The zero-order valence-corrected chi connectivity index (χ0v) is 7.19. The Kier molecular flexibility index (Phi) is 3.20. The average molecular weight is 223 g/mol. The summed E-state index contributed by atoms with van der Waals surface area (Å²) in [6.07, 6.45) is 0. The monoisotopic (exact) mass is 222 g/mol. The van der Waals surface area contributed by atoms with E-state index in [1.54, 1.807) is 0 Å². The molecule has 0 heterocycles. The molecular formula is C6H4Cl2F4. The van der Waals surface area contributed by atoms with Crippen LogP contribution in [-0.4, -0.2) is 11.8 Å². The lowest BCUT2D eigenvalue weighted by Gasteiger charge is -2.24. The second-order valence-corrected chi connectivity index (χ2v) is 2.87. The Morgan fingerprint density at radius 2 is 1.00 bits per heavy atom. The van der Waals surface area contributed by atoms with Crippen LogP contribution >= 0.6 is 23.2 Å². The quantitative estimate of drug-likeness (QED) is 0.639. The maximum absolute atomic E-state index is 12.4. The van der Waals surface area contributed by atoms with Crippen molar-refractivity contribution in [2.24, 2.45) is 0 Å². The molecule has 0 atom stereocenters. The average Bonchev–Trinajstić information content (AvgIpc) is 1.86. The highest BCUT2D eigenvalue weighted by Crippen LogP contribution is 2.45. The number of hydrogen-bond donors (Lipinski definition) is 0. The van der Waals surface area contributed by atoms with Gasteiger partial charge < -0.3 is 0 Å². The fourth-order valence-corrected chi connectivity index (χ4v) is 0.578. The van der Waals surface area contributed by atoms with Crippen LogP contribution in [0.2, 0.25) is 0 Å². The molecule has 0 aliphatic heterocycles. The summed E-state index contributed by atoms with van der Waals surface area (Å²) in [5.74, 6) is -9.15. The van der Waals surface area contributed by atoms with Crippen LogP contribution in [0.25, 0.3) is 0 Å². The number of halogens is 6. The van der Waals surface area contributed by atoms with Gasteiger partial charge >= 0.3 is 11.8 Å². The molecule has 0 fully saturated rings. The molecular weight excluding hydrogens is 219 g/mol. The Balaban J connectivity index is 5.01. The van der Waals surface area contributed by atoms with E-state index in [-0.39, 0.29) is 0 Å². The summed E-state index contributed by atoms with van der Waals surface area (Å²) in [6, 6.07) is 0. The highest BCUT2D eigenvalue weighted by atomic mass is 35.5. The van der Waals surface area contributed by atoms with Crippen molar-refractivity contribution in [1.82, 2.24) is 0 Å². The molecule has 0 saturated heterocycles. The summed E-state index contributed by atoms with van der Waals surface area (Å²) in [6.45, 7) is 5.02. The van der Waals surface area contributed by atoms with Gasteiger partial charge in [0.15, 0.2) is 0 Å². The minimum atomic E-state index is -4.58. The molecule has 0 rings (SSSR count). The van der Waals surface area contributed by atoms with Crippen LogP contribution in [0.5, 0.6) is 0 Å². The van der Waals surface area contributed by atoms with Gasteiger partial charge in [0.25, 0.3) is 0 Å². The topological polar surface area (TPSA) is 0 Å². The molecule has 0 aliphatic carbocycles. The van der Waals surface area contributed by atoms with Gasteiger partial charge in [0, 0.05) is 0 Å². The van der Waals surface area contributed by atoms with Crippen molar-refractivity contribution in [3.63, 3.8) is 0 Å². The minimum absolute atomic E-state index is 1.48. The fourth-order valence-electron chi connectivity index (χ4n) is 0.341. The first-order valence-corrected chi connectivity index (χ1v) is 3.35. The molecule has 70 valence electrons. The summed E-state index contributed by atoms with van der Waals surface area (Å²) in [4.78, 5) is 0. The Bertz CT molecular complexity index is 198. The highest BCUT2D eigenvalue weighted by Gasteiger charge is 2.59. The van der Waals surface area contributed by atoms with E-state index >= 15 is 0 Å². The Hall–Kier alpha value is -0.220. The van der Waals surface area contributed by atoms with Crippen LogP contribution in [0.3, 0.4) is 0 Å². The van der Waals surface area contributed by atoms with E-state index in [2.05, 4.69) is 36.4 Å². The van der Waals surface area contributed by atoms with E-state index in [4.69, 9.17) is 0 Å². The first kappa shape index (κ1) is 11.8. The summed E-state index contributed by atoms with van der Waals surface area (Å²) >= 11 is 9.35. The van der Waals surface area contributed by atoms with Crippen molar-refractivity contribution in [1.29, 1.82) is 0 Å². The molecule has 0 spiro atoms. The van der Waals surface area contributed by atoms with Crippen LogP contribution in [0, 0.1) is 0 Å². The molecule has 0 bridgehead atoms. The van der Waals surface area contributed by atoms with Crippen LogP contribution in [0.1, 0.15) is 0 Å². The maximum atomic E-state index is 12.4. The second kappa shape index (κ2) is 3.26. The number of hydrogen-bond acceptors (Lipinski definition) is 0. The molecule has 6 heteroatoms. The summed E-state index contributed by atoms with van der Waals surface area (Å²) in [7, 11) is 0. The van der Waals surface area contributed by atoms with Crippen LogP contribution in [0.15, 0.2) is 23.2 Å². The first-order chi connectivity index (χ1) is 5.14. The Labute approximate surface area is 76.5 Å². The van der Waals surface area contributed by atoms with Crippen molar-refractivity contribution in [3.05, 3.63) is 23.2 Å². The molecule has 0 saturated carbocycles. The van der Waals surface area contributed by atoms with E-state index in [0.717, 1.165) is 0 Å². The molecule has 0 N–H and O–H groups in total. The van der Waals surface area contributed by atoms with Gasteiger partial charge in [-0.1, -0.05) is 36.4 Å². The highest BCUT2D eigenvalue weighted by molar-refractivity contribution is 6.32. The van der Waals surface area contributed by atoms with Gasteiger partial charge in [-0.05, 0) is 0 Å². The third-order valence-electron chi connectivity index (χ3n) is 1.08. The largest absolute Gasteiger partial charge is 0.350 e. The molecule has 0 unspecified atom stereocenters. The Morgan fingerprint density at radius 3 is 1.08 bits per heavy atom. The number of rotatable bonds is 3. The minimum Gasteiger partial charge on any atom is -0.193 e. The van der Waals surface area contributed by atoms with E-state index in [0.29, 0.717) is 0 Å². The predicted molar refractivity (Wildman–Crippen MR) is 39.9 cm³/mol. The van der Waals surface area contributed by atoms with Crippen molar-refractivity contribution in [3.8, 4) is 0 Å². The molecule has 0 aromatic rings. The summed E-state index contributed by atoms with van der Waals surface area (Å²) in [5.41, 5.74) is 0. The van der Waals surface area contributed by atoms with Gasteiger partial charge in [-0.2, -0.15) is 17.6 Å². The first-order valence-electron chi connectivity index (χ1n) is 2.59. The smallest absolute Gasteiger partial charge is 0.193 e.